The summed E-state index contributed by atoms with van der Waals surface area (Å²) in [7, 11) is 0. The Labute approximate surface area is 137 Å². The minimum Gasteiger partial charge on any atom is -0.368 e. The minimum absolute atomic E-state index is 0.171. The van der Waals surface area contributed by atoms with Crippen molar-refractivity contribution in [3.8, 4) is 0 Å². The van der Waals surface area contributed by atoms with E-state index < -0.39 is 0 Å². The van der Waals surface area contributed by atoms with Gasteiger partial charge in [-0.2, -0.15) is 0 Å². The summed E-state index contributed by atoms with van der Waals surface area (Å²) in [5.74, 6) is 1.69. The van der Waals surface area contributed by atoms with E-state index >= 15 is 0 Å². The second kappa shape index (κ2) is 5.87. The molecule has 1 aliphatic heterocycles. The lowest BCUT2D eigenvalue weighted by Gasteiger charge is -2.15. The van der Waals surface area contributed by atoms with Crippen LogP contribution in [0.4, 0.5) is 5.82 Å². The number of nitrogens with one attached hydrogen (secondary N) is 2. The number of anilines is 1. The number of carbonyl (C=O) groups excluding carboxylic acids is 1. The van der Waals surface area contributed by atoms with Crippen molar-refractivity contribution in [2.24, 2.45) is 0 Å². The number of imidazole rings is 1. The standard InChI is InChI=1S/C14H17N9O/c1-2-22-8-19-10-11(17-7-18-12(10)22)15-4-3-9-20-21-13-14(24)16-5-6-23(9)13/h7-8H,2-6H2,1H3,(H,16,24)(H,15,17,18). The summed E-state index contributed by atoms with van der Waals surface area (Å²) in [5, 5.41) is 14.1. The predicted molar refractivity (Wildman–Crippen MR) is 85.5 cm³/mol. The van der Waals surface area contributed by atoms with Gasteiger partial charge in [0, 0.05) is 32.6 Å². The van der Waals surface area contributed by atoms with Crippen LogP contribution in [0.2, 0.25) is 0 Å². The molecule has 1 amide bonds. The summed E-state index contributed by atoms with van der Waals surface area (Å²) in [6.07, 6.45) is 3.93. The Morgan fingerprint density at radius 1 is 1.29 bits per heavy atom. The molecule has 24 heavy (non-hydrogen) atoms. The van der Waals surface area contributed by atoms with Crippen LogP contribution in [0, 0.1) is 0 Å². The highest BCUT2D eigenvalue weighted by Gasteiger charge is 2.22. The average molecular weight is 327 g/mol. The van der Waals surface area contributed by atoms with Gasteiger partial charge >= 0.3 is 0 Å². The van der Waals surface area contributed by atoms with Crippen molar-refractivity contribution in [3.63, 3.8) is 0 Å². The summed E-state index contributed by atoms with van der Waals surface area (Å²) in [5.41, 5.74) is 1.56. The van der Waals surface area contributed by atoms with Gasteiger partial charge in [-0.25, -0.2) is 15.0 Å². The maximum absolute atomic E-state index is 11.7. The number of carbonyl (C=O) groups is 1. The molecule has 0 unspecified atom stereocenters. The van der Waals surface area contributed by atoms with Crippen LogP contribution < -0.4 is 10.6 Å². The van der Waals surface area contributed by atoms with Gasteiger partial charge in [-0.3, -0.25) is 4.79 Å². The van der Waals surface area contributed by atoms with Gasteiger partial charge in [0.2, 0.25) is 5.82 Å². The molecular formula is C14H17N9O. The maximum atomic E-state index is 11.7. The molecule has 10 nitrogen and oxygen atoms in total. The Balaban J connectivity index is 1.49. The largest absolute Gasteiger partial charge is 0.368 e. The average Bonchev–Trinajstić information content (AvgIpc) is 3.20. The van der Waals surface area contributed by atoms with Gasteiger partial charge in [-0.15, -0.1) is 10.2 Å². The lowest BCUT2D eigenvalue weighted by molar-refractivity contribution is 0.0921. The third-order valence-corrected chi connectivity index (χ3v) is 4.03. The Hall–Kier alpha value is -3.04. The van der Waals surface area contributed by atoms with E-state index in [1.54, 1.807) is 6.33 Å². The molecule has 4 heterocycles. The molecule has 4 rings (SSSR count). The summed E-state index contributed by atoms with van der Waals surface area (Å²) < 4.78 is 3.83. The number of hydrogen-bond donors (Lipinski definition) is 2. The number of amides is 1. The summed E-state index contributed by atoms with van der Waals surface area (Å²) >= 11 is 0. The molecule has 0 atom stereocenters. The van der Waals surface area contributed by atoms with Crippen molar-refractivity contribution < 1.29 is 4.79 Å². The molecule has 0 saturated heterocycles. The maximum Gasteiger partial charge on any atom is 0.289 e. The fourth-order valence-electron chi connectivity index (χ4n) is 2.82. The molecule has 0 spiro atoms. The van der Waals surface area contributed by atoms with E-state index in [1.165, 1.54) is 6.33 Å². The van der Waals surface area contributed by atoms with E-state index in [0.29, 0.717) is 37.7 Å². The van der Waals surface area contributed by atoms with Crippen molar-refractivity contribution in [1.29, 1.82) is 0 Å². The van der Waals surface area contributed by atoms with Gasteiger partial charge < -0.3 is 19.8 Å². The highest BCUT2D eigenvalue weighted by atomic mass is 16.2. The van der Waals surface area contributed by atoms with Gasteiger partial charge in [0.25, 0.3) is 5.91 Å². The smallest absolute Gasteiger partial charge is 0.289 e. The zero-order valence-corrected chi connectivity index (χ0v) is 13.2. The number of hydrogen-bond acceptors (Lipinski definition) is 7. The molecule has 0 radical (unpaired) electrons. The zero-order chi connectivity index (χ0) is 16.5. The first-order valence-electron chi connectivity index (χ1n) is 7.88. The summed E-state index contributed by atoms with van der Waals surface area (Å²) in [6, 6.07) is 0. The first kappa shape index (κ1) is 14.5. The van der Waals surface area contributed by atoms with Gasteiger partial charge in [0.05, 0.1) is 6.33 Å². The number of aryl methyl sites for hydroxylation is 1. The van der Waals surface area contributed by atoms with Crippen LogP contribution in [0.1, 0.15) is 23.4 Å². The van der Waals surface area contributed by atoms with Crippen molar-refractivity contribution in [3.05, 3.63) is 24.3 Å². The predicted octanol–water partition coefficient (Wildman–Crippen LogP) is -0.164. The van der Waals surface area contributed by atoms with Crippen LogP contribution in [0.5, 0.6) is 0 Å². The second-order valence-electron chi connectivity index (χ2n) is 5.45. The van der Waals surface area contributed by atoms with E-state index in [-0.39, 0.29) is 5.91 Å². The Kier molecular flexibility index (Phi) is 3.56. The summed E-state index contributed by atoms with van der Waals surface area (Å²) in [6.45, 7) is 4.76. The number of rotatable bonds is 5. The molecule has 1 aliphatic rings. The molecule has 3 aromatic rings. The Morgan fingerprint density at radius 2 is 2.21 bits per heavy atom. The number of fused-ring (bicyclic) bond motifs is 2. The van der Waals surface area contributed by atoms with E-state index in [1.807, 2.05) is 16.1 Å². The van der Waals surface area contributed by atoms with Crippen LogP contribution in [-0.2, 0) is 19.5 Å². The normalized spacial score (nSPS) is 13.8. The molecule has 0 bridgehead atoms. The molecule has 0 aromatic carbocycles. The zero-order valence-electron chi connectivity index (χ0n) is 13.2. The van der Waals surface area contributed by atoms with Crippen molar-refractivity contribution in [2.75, 3.05) is 18.4 Å². The highest BCUT2D eigenvalue weighted by molar-refractivity contribution is 5.91. The Morgan fingerprint density at radius 3 is 3.08 bits per heavy atom. The first-order valence-corrected chi connectivity index (χ1v) is 7.88. The van der Waals surface area contributed by atoms with Crippen molar-refractivity contribution >= 4 is 22.9 Å². The van der Waals surface area contributed by atoms with Crippen LogP contribution in [0.15, 0.2) is 12.7 Å². The molecule has 0 fully saturated rings. The summed E-state index contributed by atoms with van der Waals surface area (Å²) in [4.78, 5) is 24.6. The quantitative estimate of drug-likeness (QED) is 0.668. The highest BCUT2D eigenvalue weighted by Crippen LogP contribution is 2.17. The van der Waals surface area contributed by atoms with E-state index in [4.69, 9.17) is 0 Å². The van der Waals surface area contributed by atoms with Crippen LogP contribution in [-0.4, -0.2) is 53.3 Å². The molecule has 124 valence electrons. The lowest BCUT2D eigenvalue weighted by Crippen LogP contribution is -2.36. The van der Waals surface area contributed by atoms with E-state index in [0.717, 1.165) is 23.5 Å². The Bertz CT molecular complexity index is 897. The van der Waals surface area contributed by atoms with Crippen LogP contribution in [0.25, 0.3) is 11.2 Å². The molecular weight excluding hydrogens is 310 g/mol. The molecule has 10 heteroatoms. The van der Waals surface area contributed by atoms with E-state index in [2.05, 4.69) is 35.8 Å². The van der Waals surface area contributed by atoms with Crippen LogP contribution >= 0.6 is 0 Å². The molecule has 3 aromatic heterocycles. The third-order valence-electron chi connectivity index (χ3n) is 4.03. The molecule has 2 N–H and O–H groups in total. The second-order valence-corrected chi connectivity index (χ2v) is 5.45. The minimum atomic E-state index is -0.171. The number of aromatic nitrogens is 7. The topological polar surface area (TPSA) is 115 Å². The third kappa shape index (κ3) is 2.36. The van der Waals surface area contributed by atoms with Gasteiger partial charge in [-0.1, -0.05) is 0 Å². The first-order chi connectivity index (χ1) is 11.8. The van der Waals surface area contributed by atoms with Gasteiger partial charge in [0.15, 0.2) is 11.5 Å². The molecule has 0 saturated carbocycles. The van der Waals surface area contributed by atoms with Gasteiger partial charge in [0.1, 0.15) is 17.7 Å². The fraction of sp³-hybridized carbons (Fsp3) is 0.429. The van der Waals surface area contributed by atoms with E-state index in [9.17, 15) is 4.79 Å². The fourth-order valence-corrected chi connectivity index (χ4v) is 2.82. The SMILES string of the molecule is CCn1cnc2c(NCCc3nnc4n3CCNC4=O)ncnc21. The van der Waals surface area contributed by atoms with Crippen molar-refractivity contribution in [1.82, 2.24) is 39.6 Å². The molecule has 0 aliphatic carbocycles. The van der Waals surface area contributed by atoms with Crippen molar-refractivity contribution in [2.45, 2.75) is 26.4 Å². The lowest BCUT2D eigenvalue weighted by atomic mass is 10.3. The van der Waals surface area contributed by atoms with Crippen LogP contribution in [0.3, 0.4) is 0 Å². The monoisotopic (exact) mass is 327 g/mol. The number of nitrogens with zero attached hydrogens (tertiary/aromatic N) is 7. The van der Waals surface area contributed by atoms with Gasteiger partial charge in [-0.05, 0) is 6.92 Å².